The van der Waals surface area contributed by atoms with Crippen LogP contribution < -0.4 is 16.2 Å². The molecule has 5 nitrogen and oxygen atoms in total. The van der Waals surface area contributed by atoms with E-state index in [1.54, 1.807) is 6.07 Å². The summed E-state index contributed by atoms with van der Waals surface area (Å²) in [5, 5.41) is 3.12. The number of carbonyl (C=O) groups is 1. The minimum absolute atomic E-state index is 0.160. The number of nitrogens with zero attached hydrogens (tertiary/aromatic N) is 1. The first-order chi connectivity index (χ1) is 8.75. The van der Waals surface area contributed by atoms with Gasteiger partial charge in [-0.05, 0) is 31.9 Å². The van der Waals surface area contributed by atoms with Crippen LogP contribution in [-0.2, 0) is 0 Å². The Morgan fingerprint density at radius 2 is 2.28 bits per heavy atom. The lowest BCUT2D eigenvalue weighted by molar-refractivity contribution is 0.0943. The van der Waals surface area contributed by atoms with Crippen LogP contribution in [0, 0.1) is 6.92 Å². The van der Waals surface area contributed by atoms with Gasteiger partial charge in [0.15, 0.2) is 0 Å². The van der Waals surface area contributed by atoms with Crippen LogP contribution in [0.1, 0.15) is 28.8 Å². The molecule has 0 fully saturated rings. The first kappa shape index (κ1) is 12.4. The van der Waals surface area contributed by atoms with Crippen molar-refractivity contribution in [3.8, 4) is 0 Å². The Kier molecular flexibility index (Phi) is 4.17. The van der Waals surface area contributed by atoms with Gasteiger partial charge in [0.25, 0.3) is 5.91 Å². The SMILES string of the molecule is Cc1cccc(C(=O)NNC2=NCCCCN2)c1. The minimum Gasteiger partial charge on any atom is -0.355 e. The standard InChI is InChI=1S/C13H18N4O/c1-10-5-4-6-11(9-10)12(18)16-17-13-14-7-2-3-8-15-13/h4-6,9H,2-3,7-8H2,1H3,(H,16,18)(H2,14,15,17). The summed E-state index contributed by atoms with van der Waals surface area (Å²) in [4.78, 5) is 16.2. The van der Waals surface area contributed by atoms with Crippen molar-refractivity contribution in [1.29, 1.82) is 0 Å². The number of nitrogens with one attached hydrogen (secondary N) is 3. The highest BCUT2D eigenvalue weighted by molar-refractivity contribution is 5.95. The third kappa shape index (κ3) is 3.48. The number of hydrogen-bond donors (Lipinski definition) is 3. The fourth-order valence-electron chi connectivity index (χ4n) is 1.75. The van der Waals surface area contributed by atoms with E-state index in [4.69, 9.17) is 0 Å². The van der Waals surface area contributed by atoms with E-state index >= 15 is 0 Å². The first-order valence-electron chi connectivity index (χ1n) is 6.17. The van der Waals surface area contributed by atoms with E-state index in [1.165, 1.54) is 0 Å². The first-order valence-corrected chi connectivity index (χ1v) is 6.17. The van der Waals surface area contributed by atoms with Crippen molar-refractivity contribution in [2.75, 3.05) is 13.1 Å². The van der Waals surface area contributed by atoms with E-state index in [-0.39, 0.29) is 5.91 Å². The normalized spacial score (nSPS) is 15.1. The van der Waals surface area contributed by atoms with Gasteiger partial charge in [0.05, 0.1) is 0 Å². The molecule has 2 rings (SSSR count). The highest BCUT2D eigenvalue weighted by Gasteiger charge is 2.07. The number of rotatable bonds is 1. The molecule has 0 saturated carbocycles. The molecule has 1 aliphatic heterocycles. The van der Waals surface area contributed by atoms with Gasteiger partial charge in [-0.3, -0.25) is 20.6 Å². The number of hydrogen-bond acceptors (Lipinski definition) is 4. The molecule has 0 aliphatic carbocycles. The molecule has 96 valence electrons. The van der Waals surface area contributed by atoms with Gasteiger partial charge in [0.1, 0.15) is 0 Å². The average Bonchev–Trinajstić information content (AvgIpc) is 2.64. The smallest absolute Gasteiger partial charge is 0.269 e. The van der Waals surface area contributed by atoms with E-state index in [1.807, 2.05) is 25.1 Å². The van der Waals surface area contributed by atoms with Gasteiger partial charge in [-0.2, -0.15) is 0 Å². The summed E-state index contributed by atoms with van der Waals surface area (Å²) in [6, 6.07) is 7.46. The van der Waals surface area contributed by atoms with E-state index in [0.29, 0.717) is 11.5 Å². The van der Waals surface area contributed by atoms with Gasteiger partial charge < -0.3 is 5.32 Å². The largest absolute Gasteiger partial charge is 0.355 e. The van der Waals surface area contributed by atoms with Crippen molar-refractivity contribution < 1.29 is 4.79 Å². The molecule has 1 amide bonds. The monoisotopic (exact) mass is 246 g/mol. The van der Waals surface area contributed by atoms with Gasteiger partial charge in [-0.15, -0.1) is 0 Å². The summed E-state index contributed by atoms with van der Waals surface area (Å²) < 4.78 is 0. The molecule has 0 spiro atoms. The minimum atomic E-state index is -0.160. The van der Waals surface area contributed by atoms with Crippen LogP contribution in [0.25, 0.3) is 0 Å². The molecule has 0 aromatic heterocycles. The molecule has 5 heteroatoms. The topological polar surface area (TPSA) is 65.5 Å². The summed E-state index contributed by atoms with van der Waals surface area (Å²) in [6.45, 7) is 3.63. The predicted octanol–water partition coefficient (Wildman–Crippen LogP) is 0.969. The second-order valence-electron chi connectivity index (χ2n) is 4.31. The van der Waals surface area contributed by atoms with Crippen LogP contribution in [-0.4, -0.2) is 25.0 Å². The summed E-state index contributed by atoms with van der Waals surface area (Å²) in [5.41, 5.74) is 7.16. The lowest BCUT2D eigenvalue weighted by Gasteiger charge is -2.11. The zero-order valence-electron chi connectivity index (χ0n) is 10.5. The number of benzene rings is 1. The Balaban J connectivity index is 1.90. The van der Waals surface area contributed by atoms with Crippen molar-refractivity contribution in [3.05, 3.63) is 35.4 Å². The number of amides is 1. The van der Waals surface area contributed by atoms with Crippen LogP contribution in [0.5, 0.6) is 0 Å². The molecule has 0 unspecified atom stereocenters. The maximum atomic E-state index is 11.9. The van der Waals surface area contributed by atoms with Gasteiger partial charge in [-0.1, -0.05) is 17.7 Å². The lowest BCUT2D eigenvalue weighted by atomic mass is 10.1. The summed E-state index contributed by atoms with van der Waals surface area (Å²) >= 11 is 0. The Morgan fingerprint density at radius 1 is 1.39 bits per heavy atom. The van der Waals surface area contributed by atoms with Crippen molar-refractivity contribution in [2.24, 2.45) is 4.99 Å². The van der Waals surface area contributed by atoms with Gasteiger partial charge in [0, 0.05) is 18.7 Å². The highest BCUT2D eigenvalue weighted by atomic mass is 16.2. The second-order valence-corrected chi connectivity index (χ2v) is 4.31. The zero-order valence-corrected chi connectivity index (χ0v) is 10.5. The lowest BCUT2D eigenvalue weighted by Crippen LogP contribution is -2.47. The van der Waals surface area contributed by atoms with E-state index in [0.717, 1.165) is 31.5 Å². The fraction of sp³-hybridized carbons (Fsp3) is 0.385. The van der Waals surface area contributed by atoms with Crippen molar-refractivity contribution >= 4 is 11.9 Å². The predicted molar refractivity (Wildman–Crippen MR) is 71.3 cm³/mol. The maximum absolute atomic E-state index is 11.9. The molecule has 1 heterocycles. The molecule has 0 saturated heterocycles. The van der Waals surface area contributed by atoms with Crippen LogP contribution in [0.2, 0.25) is 0 Å². The van der Waals surface area contributed by atoms with Crippen LogP contribution in [0.15, 0.2) is 29.3 Å². The molecule has 0 radical (unpaired) electrons. The average molecular weight is 246 g/mol. The molecule has 0 bridgehead atoms. The molecular weight excluding hydrogens is 228 g/mol. The van der Waals surface area contributed by atoms with Gasteiger partial charge in [0.2, 0.25) is 5.96 Å². The number of hydrazine groups is 1. The number of guanidine groups is 1. The summed E-state index contributed by atoms with van der Waals surface area (Å²) in [7, 11) is 0. The second kappa shape index (κ2) is 6.05. The van der Waals surface area contributed by atoms with Gasteiger partial charge >= 0.3 is 0 Å². The van der Waals surface area contributed by atoms with Crippen molar-refractivity contribution in [3.63, 3.8) is 0 Å². The van der Waals surface area contributed by atoms with Crippen LogP contribution in [0.3, 0.4) is 0 Å². The van der Waals surface area contributed by atoms with Crippen LogP contribution in [0.4, 0.5) is 0 Å². The Morgan fingerprint density at radius 3 is 3.11 bits per heavy atom. The summed E-state index contributed by atoms with van der Waals surface area (Å²) in [6.07, 6.45) is 2.17. The molecule has 1 aliphatic rings. The van der Waals surface area contributed by atoms with Crippen molar-refractivity contribution in [2.45, 2.75) is 19.8 Å². The molecule has 0 atom stereocenters. The molecule has 1 aromatic rings. The maximum Gasteiger partial charge on any atom is 0.269 e. The van der Waals surface area contributed by atoms with Crippen LogP contribution >= 0.6 is 0 Å². The fourth-order valence-corrected chi connectivity index (χ4v) is 1.75. The molecule has 1 aromatic carbocycles. The number of carbonyl (C=O) groups excluding carboxylic acids is 1. The zero-order chi connectivity index (χ0) is 12.8. The third-order valence-electron chi connectivity index (χ3n) is 2.72. The Hall–Kier alpha value is -2.04. The van der Waals surface area contributed by atoms with E-state index in [2.05, 4.69) is 21.2 Å². The quantitative estimate of drug-likeness (QED) is 0.647. The number of aryl methyl sites for hydroxylation is 1. The summed E-state index contributed by atoms with van der Waals surface area (Å²) in [5.74, 6) is 0.473. The van der Waals surface area contributed by atoms with Crippen molar-refractivity contribution in [1.82, 2.24) is 16.2 Å². The molecular formula is C13H18N4O. The van der Waals surface area contributed by atoms with E-state index in [9.17, 15) is 4.79 Å². The van der Waals surface area contributed by atoms with E-state index < -0.39 is 0 Å². The Labute approximate surface area is 107 Å². The Bertz CT molecular complexity index is 456. The molecule has 3 N–H and O–H groups in total. The highest BCUT2D eigenvalue weighted by Crippen LogP contribution is 2.02. The molecule has 18 heavy (non-hydrogen) atoms. The number of aliphatic imine (C=N–C) groups is 1. The van der Waals surface area contributed by atoms with Gasteiger partial charge in [-0.25, -0.2) is 0 Å². The third-order valence-corrected chi connectivity index (χ3v) is 2.72.